The van der Waals surface area contributed by atoms with E-state index in [9.17, 15) is 4.79 Å². The number of carbonyl (C=O) groups is 1. The average Bonchev–Trinajstić information content (AvgIpc) is 2.84. The minimum absolute atomic E-state index is 0.309. The number of aromatic nitrogens is 4. The number of amides is 1. The Balaban J connectivity index is 2.33. The van der Waals surface area contributed by atoms with Gasteiger partial charge in [-0.05, 0) is 15.9 Å². The van der Waals surface area contributed by atoms with Crippen LogP contribution < -0.4 is 5.32 Å². The van der Waals surface area contributed by atoms with Crippen molar-refractivity contribution in [3.63, 3.8) is 0 Å². The topological polar surface area (TPSA) is 88.5 Å². The molecule has 0 fully saturated rings. The number of hydrogen-bond donors (Lipinski definition) is 1. The molecule has 0 radical (unpaired) electrons. The highest BCUT2D eigenvalue weighted by Gasteiger charge is 2.18. The van der Waals surface area contributed by atoms with Crippen LogP contribution in [0.3, 0.4) is 0 Å². The van der Waals surface area contributed by atoms with Crippen molar-refractivity contribution < 1.29 is 4.79 Å². The van der Waals surface area contributed by atoms with Gasteiger partial charge in [0.05, 0.1) is 16.9 Å². The molecule has 0 aliphatic rings. The summed E-state index contributed by atoms with van der Waals surface area (Å²) in [5.74, 6) is -0.00225. The zero-order chi connectivity index (χ0) is 13.3. The Morgan fingerprint density at radius 3 is 2.61 bits per heavy atom. The molecule has 0 aliphatic heterocycles. The van der Waals surface area contributed by atoms with Gasteiger partial charge < -0.3 is 5.32 Å². The van der Waals surface area contributed by atoms with Gasteiger partial charge in [0.1, 0.15) is 23.1 Å². The van der Waals surface area contributed by atoms with Crippen LogP contribution in [-0.4, -0.2) is 25.5 Å². The van der Waals surface area contributed by atoms with Crippen molar-refractivity contribution in [1.29, 1.82) is 5.26 Å². The summed E-state index contributed by atoms with van der Waals surface area (Å²) in [7, 11) is 3.31. The third-order valence-electron chi connectivity index (χ3n) is 2.40. The van der Waals surface area contributed by atoms with Crippen LogP contribution in [-0.2, 0) is 14.1 Å². The molecule has 18 heavy (non-hydrogen) atoms. The van der Waals surface area contributed by atoms with Crippen LogP contribution in [0.1, 0.15) is 16.1 Å². The van der Waals surface area contributed by atoms with Gasteiger partial charge in [-0.25, -0.2) is 0 Å². The van der Waals surface area contributed by atoms with E-state index in [0.717, 1.165) is 0 Å². The predicted octanol–water partition coefficient (Wildman–Crippen LogP) is 1.04. The van der Waals surface area contributed by atoms with E-state index < -0.39 is 0 Å². The van der Waals surface area contributed by atoms with E-state index in [4.69, 9.17) is 5.26 Å². The molecule has 7 nitrogen and oxygen atoms in total. The highest BCUT2D eigenvalue weighted by Crippen LogP contribution is 2.18. The normalized spacial score (nSPS) is 10.1. The zero-order valence-corrected chi connectivity index (χ0v) is 11.3. The number of rotatable bonds is 2. The first kappa shape index (κ1) is 12.3. The largest absolute Gasteiger partial charge is 0.304 e. The van der Waals surface area contributed by atoms with Gasteiger partial charge in [0.25, 0.3) is 5.91 Å². The van der Waals surface area contributed by atoms with Crippen molar-refractivity contribution in [2.45, 2.75) is 0 Å². The summed E-state index contributed by atoms with van der Waals surface area (Å²) in [5, 5.41) is 19.4. The quantitative estimate of drug-likeness (QED) is 0.897. The molecule has 0 aliphatic carbocycles. The van der Waals surface area contributed by atoms with Crippen LogP contribution in [0.2, 0.25) is 0 Å². The minimum atomic E-state index is -0.359. The van der Waals surface area contributed by atoms with E-state index in [1.807, 2.05) is 6.07 Å². The van der Waals surface area contributed by atoms with Gasteiger partial charge in [-0.2, -0.15) is 15.5 Å². The molecule has 0 bridgehead atoms. The fraction of sp³-hybridized carbons (Fsp3) is 0.200. The lowest BCUT2D eigenvalue weighted by molar-refractivity contribution is 0.101. The first-order valence-corrected chi connectivity index (χ1v) is 5.75. The maximum atomic E-state index is 12.1. The van der Waals surface area contributed by atoms with Crippen LogP contribution in [0.5, 0.6) is 0 Å². The van der Waals surface area contributed by atoms with E-state index in [1.54, 1.807) is 14.1 Å². The molecule has 92 valence electrons. The molecule has 0 unspecified atom stereocenters. The highest BCUT2D eigenvalue weighted by atomic mass is 79.9. The van der Waals surface area contributed by atoms with Crippen molar-refractivity contribution in [3.05, 3.63) is 28.1 Å². The summed E-state index contributed by atoms with van der Waals surface area (Å²) < 4.78 is 3.46. The molecule has 0 saturated heterocycles. The third kappa shape index (κ3) is 2.00. The van der Waals surface area contributed by atoms with Crippen LogP contribution in [0.4, 0.5) is 5.82 Å². The first-order chi connectivity index (χ1) is 8.54. The fourth-order valence-corrected chi connectivity index (χ4v) is 2.03. The monoisotopic (exact) mass is 308 g/mol. The SMILES string of the molecule is Cn1ncc(C#N)c1NC(=O)c1c(Br)cnn1C. The molecule has 0 atom stereocenters. The Hall–Kier alpha value is -2.14. The number of aryl methyl sites for hydroxylation is 2. The number of halogens is 1. The van der Waals surface area contributed by atoms with Gasteiger partial charge in [-0.15, -0.1) is 0 Å². The van der Waals surface area contributed by atoms with Crippen molar-refractivity contribution in [2.24, 2.45) is 14.1 Å². The molecule has 0 spiro atoms. The van der Waals surface area contributed by atoms with E-state index in [2.05, 4.69) is 31.4 Å². The summed E-state index contributed by atoms with van der Waals surface area (Å²) in [6.45, 7) is 0. The second-order valence-electron chi connectivity index (χ2n) is 3.56. The number of nitrogens with zero attached hydrogens (tertiary/aromatic N) is 5. The first-order valence-electron chi connectivity index (χ1n) is 4.95. The lowest BCUT2D eigenvalue weighted by Crippen LogP contribution is -2.19. The lowest BCUT2D eigenvalue weighted by Gasteiger charge is -2.06. The Bertz CT molecular complexity index is 630. The number of carbonyl (C=O) groups excluding carboxylic acids is 1. The molecule has 8 heteroatoms. The molecule has 2 aromatic rings. The Kier molecular flexibility index (Phi) is 3.16. The van der Waals surface area contributed by atoms with E-state index in [0.29, 0.717) is 21.5 Å². The van der Waals surface area contributed by atoms with Crippen molar-refractivity contribution >= 4 is 27.7 Å². The van der Waals surface area contributed by atoms with Gasteiger partial charge in [0.15, 0.2) is 0 Å². The van der Waals surface area contributed by atoms with Gasteiger partial charge in [0.2, 0.25) is 0 Å². The second kappa shape index (κ2) is 4.62. The van der Waals surface area contributed by atoms with Crippen LogP contribution in [0, 0.1) is 11.3 Å². The molecule has 2 aromatic heterocycles. The maximum absolute atomic E-state index is 12.1. The minimum Gasteiger partial charge on any atom is -0.304 e. The summed E-state index contributed by atoms with van der Waals surface area (Å²) in [4.78, 5) is 12.1. The van der Waals surface area contributed by atoms with Gasteiger partial charge in [-0.3, -0.25) is 14.2 Å². The Morgan fingerprint density at radius 1 is 1.39 bits per heavy atom. The van der Waals surface area contributed by atoms with Gasteiger partial charge >= 0.3 is 0 Å². The summed E-state index contributed by atoms with van der Waals surface area (Å²) in [6.07, 6.45) is 2.93. The molecule has 2 heterocycles. The average molecular weight is 309 g/mol. The van der Waals surface area contributed by atoms with Crippen molar-refractivity contribution in [3.8, 4) is 6.07 Å². The number of nitriles is 1. The number of anilines is 1. The molecule has 0 saturated carbocycles. The number of nitrogens with one attached hydrogen (secondary N) is 1. The highest BCUT2D eigenvalue weighted by molar-refractivity contribution is 9.10. The van der Waals surface area contributed by atoms with Crippen molar-refractivity contribution in [1.82, 2.24) is 19.6 Å². The van der Waals surface area contributed by atoms with Crippen LogP contribution in [0.15, 0.2) is 16.9 Å². The molecule has 0 aromatic carbocycles. The fourth-order valence-electron chi connectivity index (χ4n) is 1.50. The van der Waals surface area contributed by atoms with E-state index in [1.165, 1.54) is 21.8 Å². The van der Waals surface area contributed by atoms with E-state index >= 15 is 0 Å². The zero-order valence-electron chi connectivity index (χ0n) is 9.68. The smallest absolute Gasteiger partial charge is 0.276 e. The summed E-state index contributed by atoms with van der Waals surface area (Å²) in [5.41, 5.74) is 0.684. The summed E-state index contributed by atoms with van der Waals surface area (Å²) in [6, 6.07) is 1.96. The lowest BCUT2D eigenvalue weighted by atomic mass is 10.3. The van der Waals surface area contributed by atoms with Crippen LogP contribution >= 0.6 is 15.9 Å². The Labute approximate surface area is 111 Å². The summed E-state index contributed by atoms with van der Waals surface area (Å²) >= 11 is 3.24. The molecular formula is C10H9BrN6O. The molecule has 2 rings (SSSR count). The standard InChI is InChI=1S/C10H9BrN6O/c1-16-8(7(11)5-14-16)10(18)15-9-6(3-12)4-13-17(9)2/h4-5H,1-2H3,(H,15,18). The maximum Gasteiger partial charge on any atom is 0.276 e. The molecule has 1 N–H and O–H groups in total. The number of hydrogen-bond acceptors (Lipinski definition) is 4. The van der Waals surface area contributed by atoms with E-state index in [-0.39, 0.29) is 5.91 Å². The van der Waals surface area contributed by atoms with Gasteiger partial charge in [-0.1, -0.05) is 0 Å². The molecule has 1 amide bonds. The second-order valence-corrected chi connectivity index (χ2v) is 4.42. The van der Waals surface area contributed by atoms with Crippen LogP contribution in [0.25, 0.3) is 0 Å². The predicted molar refractivity (Wildman–Crippen MR) is 66.8 cm³/mol. The third-order valence-corrected chi connectivity index (χ3v) is 2.98. The Morgan fingerprint density at radius 2 is 2.06 bits per heavy atom. The van der Waals surface area contributed by atoms with Gasteiger partial charge in [0, 0.05) is 14.1 Å². The van der Waals surface area contributed by atoms with Crippen molar-refractivity contribution in [2.75, 3.05) is 5.32 Å². The molecular weight excluding hydrogens is 300 g/mol.